The van der Waals surface area contributed by atoms with Crippen LogP contribution in [0.3, 0.4) is 0 Å². The lowest BCUT2D eigenvalue weighted by atomic mass is 9.85. The van der Waals surface area contributed by atoms with E-state index in [1.807, 2.05) is 36.5 Å². The van der Waals surface area contributed by atoms with Gasteiger partial charge in [0.25, 0.3) is 0 Å². The van der Waals surface area contributed by atoms with Gasteiger partial charge in [0.2, 0.25) is 0 Å². The highest BCUT2D eigenvalue weighted by Crippen LogP contribution is 2.47. The summed E-state index contributed by atoms with van der Waals surface area (Å²) in [4.78, 5) is 35.6. The minimum absolute atomic E-state index is 0.0784. The Kier molecular flexibility index (Phi) is 31.7. The van der Waals surface area contributed by atoms with Gasteiger partial charge in [-0.25, -0.2) is 4.57 Å². The van der Waals surface area contributed by atoms with Gasteiger partial charge in [0.1, 0.15) is 43.2 Å². The molecule has 0 radical (unpaired) electrons. The average Bonchev–Trinajstić information content (AvgIpc) is 3.20. The van der Waals surface area contributed by atoms with Gasteiger partial charge in [-0.2, -0.15) is 0 Å². The summed E-state index contributed by atoms with van der Waals surface area (Å²) in [5.74, 6) is -1.14. The fraction of sp³-hybridized carbons (Fsp3) is 0.727. The molecule has 0 spiro atoms. The van der Waals surface area contributed by atoms with Gasteiger partial charge in [0, 0.05) is 12.8 Å². The number of phosphoric ester groups is 1. The lowest BCUT2D eigenvalue weighted by Crippen LogP contribution is -2.64. The molecule has 0 saturated heterocycles. The molecule has 8 atom stereocenters. The van der Waals surface area contributed by atoms with E-state index in [2.05, 4.69) is 38.2 Å². The average molecular weight is 843 g/mol. The van der Waals surface area contributed by atoms with Crippen molar-refractivity contribution in [3.8, 4) is 0 Å². The van der Waals surface area contributed by atoms with Gasteiger partial charge in [0.15, 0.2) is 6.10 Å². The molecule has 1 aliphatic rings. The molecular formula is C44H75O13P. The van der Waals surface area contributed by atoms with Crippen LogP contribution in [0.15, 0.2) is 60.8 Å². The van der Waals surface area contributed by atoms with Crippen LogP contribution in [0.1, 0.15) is 149 Å². The molecule has 1 aliphatic carbocycles. The topological polar surface area (TPSA) is 210 Å². The third-order valence-corrected chi connectivity index (χ3v) is 10.7. The van der Waals surface area contributed by atoms with E-state index in [4.69, 9.17) is 18.5 Å². The summed E-state index contributed by atoms with van der Waals surface area (Å²) in [7, 11) is -5.12. The zero-order chi connectivity index (χ0) is 42.9. The Hall–Kier alpha value is -2.45. The first-order valence-corrected chi connectivity index (χ1v) is 23.1. The van der Waals surface area contributed by atoms with Gasteiger partial charge in [0.05, 0.1) is 6.61 Å². The maximum atomic E-state index is 12.8. The quantitative estimate of drug-likeness (QED) is 0.0120. The van der Waals surface area contributed by atoms with Gasteiger partial charge in [-0.05, 0) is 57.8 Å². The first-order chi connectivity index (χ1) is 27.9. The Morgan fingerprint density at radius 2 is 1.00 bits per heavy atom. The summed E-state index contributed by atoms with van der Waals surface area (Å²) in [5, 5.41) is 50.1. The number of carbonyl (C=O) groups is 2. The standard InChI is InChI=1S/C44H75O13P/c1-3-5-7-9-11-13-15-17-19-21-22-24-26-28-30-32-37(45)54-34-36(35-55-58(52,53)57-44-42(50)40(48)39(47)41(49)43(44)51)56-38(46)33-31-29-27-25-23-20-18-16-14-12-10-8-6-4-2/h5,7,9,11,13,15-19,36,39-44,47-51H,3-4,6,8,10,12,14,20-35H2,1-2H3,(H,52,53)/b7-5+,11-9+,15-13+,18-16+,19-17+/t36-,39?,40-,41?,42?,43?,44?/m0/s1. The number of aliphatic hydroxyl groups excluding tert-OH is 5. The molecule has 58 heavy (non-hydrogen) atoms. The van der Waals surface area contributed by atoms with Crippen LogP contribution in [0.4, 0.5) is 0 Å². The third kappa shape index (κ3) is 26.6. The highest BCUT2D eigenvalue weighted by atomic mass is 31.2. The molecule has 14 heteroatoms. The number of unbranched alkanes of at least 4 members (excludes halogenated alkanes) is 15. The van der Waals surface area contributed by atoms with Crippen LogP contribution in [-0.4, -0.2) is 98.3 Å². The molecule has 0 amide bonds. The number of allylic oxidation sites excluding steroid dienone is 10. The Labute approximate surface area is 347 Å². The highest BCUT2D eigenvalue weighted by Gasteiger charge is 2.51. The predicted octanol–water partition coefficient (Wildman–Crippen LogP) is 7.77. The van der Waals surface area contributed by atoms with Gasteiger partial charge in [-0.1, -0.05) is 139 Å². The van der Waals surface area contributed by atoms with Crippen molar-refractivity contribution in [3.63, 3.8) is 0 Å². The second kappa shape index (κ2) is 34.3. The van der Waals surface area contributed by atoms with Gasteiger partial charge in [-0.15, -0.1) is 0 Å². The monoisotopic (exact) mass is 842 g/mol. The molecule has 0 aromatic carbocycles. The van der Waals surface area contributed by atoms with Crippen LogP contribution in [0.5, 0.6) is 0 Å². The molecule has 334 valence electrons. The number of esters is 2. The number of carbonyl (C=O) groups excluding carboxylic acids is 2. The predicted molar refractivity (Wildman–Crippen MR) is 226 cm³/mol. The van der Waals surface area contributed by atoms with E-state index < -0.39 is 75.7 Å². The molecule has 0 aliphatic heterocycles. The van der Waals surface area contributed by atoms with Crippen LogP contribution < -0.4 is 0 Å². The van der Waals surface area contributed by atoms with Crippen molar-refractivity contribution >= 4 is 19.8 Å². The zero-order valence-corrected chi connectivity index (χ0v) is 36.0. The molecule has 6 N–H and O–H groups in total. The highest BCUT2D eigenvalue weighted by molar-refractivity contribution is 7.47. The number of rotatable bonds is 34. The molecule has 0 aromatic rings. The van der Waals surface area contributed by atoms with Gasteiger partial charge < -0.3 is 39.9 Å². The molecule has 0 bridgehead atoms. The molecule has 0 aromatic heterocycles. The number of ether oxygens (including phenoxy) is 2. The molecule has 6 unspecified atom stereocenters. The van der Waals surface area contributed by atoms with E-state index in [9.17, 15) is 44.6 Å². The molecule has 1 fully saturated rings. The van der Waals surface area contributed by atoms with Crippen LogP contribution in [0, 0.1) is 0 Å². The number of hydrogen-bond acceptors (Lipinski definition) is 12. The van der Waals surface area contributed by atoms with Crippen LogP contribution >= 0.6 is 7.82 Å². The van der Waals surface area contributed by atoms with E-state index in [0.29, 0.717) is 12.8 Å². The van der Waals surface area contributed by atoms with Crippen LogP contribution in [0.25, 0.3) is 0 Å². The summed E-state index contributed by atoms with van der Waals surface area (Å²) in [6.45, 7) is 3.10. The summed E-state index contributed by atoms with van der Waals surface area (Å²) in [6, 6.07) is 0. The largest absolute Gasteiger partial charge is 0.472 e. The summed E-state index contributed by atoms with van der Waals surface area (Å²) in [5.41, 5.74) is 0. The number of aliphatic hydroxyl groups is 5. The number of hydrogen-bond donors (Lipinski definition) is 6. The van der Waals surface area contributed by atoms with Crippen molar-refractivity contribution in [1.29, 1.82) is 0 Å². The van der Waals surface area contributed by atoms with E-state index in [-0.39, 0.29) is 12.8 Å². The van der Waals surface area contributed by atoms with Crippen LogP contribution in [-0.2, 0) is 32.7 Å². The van der Waals surface area contributed by atoms with Crippen molar-refractivity contribution < 1.29 is 63.1 Å². The second-order valence-electron chi connectivity index (χ2n) is 14.9. The van der Waals surface area contributed by atoms with Crippen LogP contribution in [0.2, 0.25) is 0 Å². The molecule has 1 saturated carbocycles. The Bertz CT molecular complexity index is 1250. The molecule has 13 nitrogen and oxygen atoms in total. The summed E-state index contributed by atoms with van der Waals surface area (Å²) in [6.07, 6.45) is 27.1. The number of phosphoric acid groups is 1. The fourth-order valence-corrected chi connectivity index (χ4v) is 7.15. The SMILES string of the molecule is CC/C=C/C=C/C=C/C=C/CCCCCCCC(=O)OC[C@@H](COP(=O)(O)OC1C(O)C(O)C(O)[C@H](O)C1O)OC(=O)CCCCCCC/C=C/CCCCCCC. The lowest BCUT2D eigenvalue weighted by Gasteiger charge is -2.41. The van der Waals surface area contributed by atoms with Gasteiger partial charge >= 0.3 is 19.8 Å². The zero-order valence-electron chi connectivity index (χ0n) is 35.1. The van der Waals surface area contributed by atoms with E-state index in [1.165, 1.54) is 32.1 Å². The Morgan fingerprint density at radius 1 is 0.552 bits per heavy atom. The van der Waals surface area contributed by atoms with E-state index in [0.717, 1.165) is 77.0 Å². The minimum atomic E-state index is -5.12. The minimum Gasteiger partial charge on any atom is -0.462 e. The Morgan fingerprint density at radius 3 is 1.55 bits per heavy atom. The molecular weight excluding hydrogens is 767 g/mol. The first kappa shape index (κ1) is 53.6. The summed E-state index contributed by atoms with van der Waals surface area (Å²) < 4.78 is 33.4. The van der Waals surface area contributed by atoms with Crippen molar-refractivity contribution in [1.82, 2.24) is 0 Å². The fourth-order valence-electron chi connectivity index (χ4n) is 6.17. The second-order valence-corrected chi connectivity index (χ2v) is 16.3. The smallest absolute Gasteiger partial charge is 0.462 e. The maximum Gasteiger partial charge on any atom is 0.472 e. The Balaban J connectivity index is 2.52. The third-order valence-electron chi connectivity index (χ3n) is 9.69. The summed E-state index contributed by atoms with van der Waals surface area (Å²) >= 11 is 0. The van der Waals surface area contributed by atoms with Gasteiger partial charge in [-0.3, -0.25) is 18.6 Å². The van der Waals surface area contributed by atoms with Crippen molar-refractivity contribution in [2.75, 3.05) is 13.2 Å². The van der Waals surface area contributed by atoms with Crippen molar-refractivity contribution in [2.24, 2.45) is 0 Å². The van der Waals surface area contributed by atoms with E-state index >= 15 is 0 Å². The molecule has 0 heterocycles. The first-order valence-electron chi connectivity index (χ1n) is 21.6. The van der Waals surface area contributed by atoms with Crippen molar-refractivity contribution in [2.45, 2.75) is 191 Å². The normalized spacial score (nSPS) is 23.1. The van der Waals surface area contributed by atoms with Crippen molar-refractivity contribution in [3.05, 3.63) is 60.8 Å². The van der Waals surface area contributed by atoms with E-state index in [1.54, 1.807) is 0 Å². The maximum absolute atomic E-state index is 12.8. The molecule has 1 rings (SSSR count). The lowest BCUT2D eigenvalue weighted by molar-refractivity contribution is -0.220.